The molecule has 3 aromatic carbocycles. The Hall–Kier alpha value is -2.31. The van der Waals surface area contributed by atoms with Crippen molar-refractivity contribution in [2.75, 3.05) is 14.2 Å². The first-order valence-electron chi connectivity index (χ1n) is 14.9. The molecule has 0 saturated heterocycles. The highest BCUT2D eigenvalue weighted by atomic mass is 31.1. The van der Waals surface area contributed by atoms with Crippen LogP contribution in [0, 0.1) is 0 Å². The van der Waals surface area contributed by atoms with E-state index in [0.717, 1.165) is 11.5 Å². The van der Waals surface area contributed by atoms with Gasteiger partial charge in [0.05, 0.1) is 14.2 Å². The highest BCUT2D eigenvalue weighted by Crippen LogP contribution is 2.62. The van der Waals surface area contributed by atoms with Crippen molar-refractivity contribution >= 4 is 13.2 Å². The Morgan fingerprint density at radius 2 is 1.15 bits per heavy atom. The fourth-order valence-corrected chi connectivity index (χ4v) is 10.6. The molecule has 0 unspecified atom stereocenters. The van der Waals surface area contributed by atoms with E-state index in [1.807, 2.05) is 7.11 Å². The number of ether oxygens (including phenoxy) is 2. The predicted octanol–water partition coefficient (Wildman–Crippen LogP) is 11.1. The summed E-state index contributed by atoms with van der Waals surface area (Å²) in [7, 11) is 2.92. The normalized spacial score (nSPS) is 12.7. The molecule has 0 heterocycles. The fraction of sp³-hybridized carbons (Fsp3) is 0.514. The van der Waals surface area contributed by atoms with E-state index >= 15 is 0 Å². The summed E-state index contributed by atoms with van der Waals surface area (Å²) in [4.78, 5) is 0. The van der Waals surface area contributed by atoms with E-state index in [1.165, 1.54) is 44.2 Å². The largest absolute Gasteiger partial charge is 0.497 e. The molecule has 0 saturated carbocycles. The molecule has 0 aromatic heterocycles. The maximum absolute atomic E-state index is 6.24. The number of methoxy groups -OCH3 is 2. The van der Waals surface area contributed by atoms with E-state index < -0.39 is 7.92 Å². The van der Waals surface area contributed by atoms with Gasteiger partial charge in [0.1, 0.15) is 11.5 Å². The predicted molar refractivity (Wildman–Crippen MR) is 179 cm³/mol. The molecule has 3 rings (SSSR count). The maximum Gasteiger partial charge on any atom is 0.130 e. The molecule has 0 bridgehead atoms. The first-order valence-corrected chi connectivity index (χ1v) is 16.2. The van der Waals surface area contributed by atoms with Gasteiger partial charge in [-0.15, -0.1) is 0 Å². The Kier molecular flexibility index (Phi) is 9.89. The quantitative estimate of drug-likeness (QED) is 0.255. The van der Waals surface area contributed by atoms with Crippen molar-refractivity contribution in [1.82, 2.24) is 0 Å². The molecule has 0 fully saturated rings. The summed E-state index contributed by atoms with van der Waals surface area (Å²) >= 11 is 0. The Morgan fingerprint density at radius 1 is 0.625 bits per heavy atom. The third kappa shape index (κ3) is 6.44. The molecule has 0 aliphatic carbocycles. The summed E-state index contributed by atoms with van der Waals surface area (Å²) in [6, 6.07) is 17.9. The second-order valence-electron chi connectivity index (χ2n) is 14.0. The Labute approximate surface area is 246 Å². The zero-order valence-electron chi connectivity index (χ0n) is 27.6. The van der Waals surface area contributed by atoms with Crippen molar-refractivity contribution in [1.29, 1.82) is 0 Å². The molecule has 0 spiro atoms. The molecular formula is C37H53O2P. The molecular weight excluding hydrogens is 507 g/mol. The van der Waals surface area contributed by atoms with E-state index in [4.69, 9.17) is 9.47 Å². The van der Waals surface area contributed by atoms with Crippen molar-refractivity contribution < 1.29 is 9.47 Å². The van der Waals surface area contributed by atoms with Gasteiger partial charge in [0.2, 0.25) is 0 Å². The van der Waals surface area contributed by atoms with Gasteiger partial charge in [0.25, 0.3) is 0 Å². The van der Waals surface area contributed by atoms with Crippen LogP contribution in [-0.4, -0.2) is 24.5 Å². The molecule has 2 nitrogen and oxygen atoms in total. The number of benzene rings is 3. The average molecular weight is 561 g/mol. The molecule has 0 N–H and O–H groups in total. The van der Waals surface area contributed by atoms with Gasteiger partial charge in [0, 0.05) is 11.4 Å². The summed E-state index contributed by atoms with van der Waals surface area (Å²) in [6.45, 7) is 28.4. The Morgan fingerprint density at radius 3 is 1.57 bits per heavy atom. The molecule has 40 heavy (non-hydrogen) atoms. The minimum absolute atomic E-state index is 0.0698. The van der Waals surface area contributed by atoms with Gasteiger partial charge in [-0.05, 0) is 73.1 Å². The van der Waals surface area contributed by atoms with Crippen molar-refractivity contribution in [2.24, 2.45) is 0 Å². The monoisotopic (exact) mass is 560 g/mol. The van der Waals surface area contributed by atoms with Crippen LogP contribution in [0.25, 0.3) is 22.3 Å². The zero-order valence-corrected chi connectivity index (χ0v) is 28.5. The van der Waals surface area contributed by atoms with Crippen molar-refractivity contribution in [3.8, 4) is 33.8 Å². The smallest absolute Gasteiger partial charge is 0.130 e. The summed E-state index contributed by atoms with van der Waals surface area (Å²) < 4.78 is 12.2. The van der Waals surface area contributed by atoms with Crippen molar-refractivity contribution in [3.63, 3.8) is 0 Å². The summed E-state index contributed by atoms with van der Waals surface area (Å²) in [5.74, 6) is 2.85. The lowest BCUT2D eigenvalue weighted by molar-refractivity contribution is 0.396. The minimum Gasteiger partial charge on any atom is -0.497 e. The lowest BCUT2D eigenvalue weighted by Gasteiger charge is -2.43. The molecule has 0 aliphatic heterocycles. The molecule has 3 aromatic rings. The SMILES string of the molecule is COc1cc(OC)c(P(C(C)(C)C)C(C)(C)C)c(-c2c(C(C)C)cc(C(C)C)c(-c3ccccc3)c2C(C)C)c1. The van der Waals surface area contributed by atoms with Gasteiger partial charge in [-0.25, -0.2) is 0 Å². The van der Waals surface area contributed by atoms with E-state index in [-0.39, 0.29) is 10.3 Å². The van der Waals surface area contributed by atoms with Gasteiger partial charge < -0.3 is 9.47 Å². The van der Waals surface area contributed by atoms with Crippen LogP contribution in [0.1, 0.15) is 118 Å². The van der Waals surface area contributed by atoms with Crippen LogP contribution >= 0.6 is 7.92 Å². The lowest BCUT2D eigenvalue weighted by atomic mass is 9.76. The third-order valence-electron chi connectivity index (χ3n) is 7.65. The van der Waals surface area contributed by atoms with Crippen LogP contribution in [0.2, 0.25) is 0 Å². The minimum atomic E-state index is -0.654. The number of hydrogen-bond donors (Lipinski definition) is 0. The second kappa shape index (κ2) is 12.3. The molecule has 218 valence electrons. The van der Waals surface area contributed by atoms with Crippen LogP contribution < -0.4 is 14.8 Å². The van der Waals surface area contributed by atoms with Gasteiger partial charge in [-0.3, -0.25) is 0 Å². The van der Waals surface area contributed by atoms with E-state index in [0.29, 0.717) is 17.8 Å². The average Bonchev–Trinajstić information content (AvgIpc) is 2.86. The van der Waals surface area contributed by atoms with Crippen LogP contribution in [0.5, 0.6) is 11.5 Å². The third-order valence-corrected chi connectivity index (χ3v) is 11.2. The van der Waals surface area contributed by atoms with Crippen molar-refractivity contribution in [3.05, 3.63) is 65.2 Å². The maximum atomic E-state index is 6.24. The number of rotatable bonds is 8. The summed E-state index contributed by atoms with van der Waals surface area (Å²) in [5.41, 5.74) is 9.56. The first-order chi connectivity index (χ1) is 18.5. The van der Waals surface area contributed by atoms with Gasteiger partial charge >= 0.3 is 0 Å². The molecule has 0 aliphatic rings. The standard InChI is InChI=1S/C37H53O2P/c1-23(2)28-22-29(24(3)4)34(32(25(5)6)33(28)26-18-16-15-17-19-26)30-20-27(38-13)21-31(39-14)35(30)40(36(7,8)9)37(10,11)12/h15-25H,1-14H3. The van der Waals surface area contributed by atoms with E-state index in [1.54, 1.807) is 7.11 Å². The molecule has 3 heteroatoms. The van der Waals surface area contributed by atoms with Crippen molar-refractivity contribution in [2.45, 2.75) is 111 Å². The number of hydrogen-bond acceptors (Lipinski definition) is 2. The zero-order chi connectivity index (χ0) is 30.2. The topological polar surface area (TPSA) is 18.5 Å². The Bertz CT molecular complexity index is 1290. The second-order valence-corrected chi connectivity index (χ2v) is 17.8. The fourth-order valence-electron chi connectivity index (χ4n) is 6.42. The first kappa shape index (κ1) is 32.2. The van der Waals surface area contributed by atoms with E-state index in [9.17, 15) is 0 Å². The van der Waals surface area contributed by atoms with Crippen LogP contribution in [0.3, 0.4) is 0 Å². The van der Waals surface area contributed by atoms with Crippen LogP contribution in [0.4, 0.5) is 0 Å². The summed E-state index contributed by atoms with van der Waals surface area (Å²) in [5, 5.41) is 1.49. The highest BCUT2D eigenvalue weighted by molar-refractivity contribution is 7.69. The highest BCUT2D eigenvalue weighted by Gasteiger charge is 2.40. The lowest BCUT2D eigenvalue weighted by Crippen LogP contribution is -2.33. The van der Waals surface area contributed by atoms with Gasteiger partial charge in [-0.2, -0.15) is 0 Å². The van der Waals surface area contributed by atoms with Crippen LogP contribution in [0.15, 0.2) is 48.5 Å². The summed E-state index contributed by atoms with van der Waals surface area (Å²) in [6.07, 6.45) is 0. The van der Waals surface area contributed by atoms with E-state index in [2.05, 4.69) is 132 Å². The molecule has 0 radical (unpaired) electrons. The van der Waals surface area contributed by atoms with Gasteiger partial charge in [-0.1, -0.05) is 127 Å². The molecule has 0 amide bonds. The van der Waals surface area contributed by atoms with Crippen LogP contribution in [-0.2, 0) is 0 Å². The molecule has 0 atom stereocenters. The van der Waals surface area contributed by atoms with Gasteiger partial charge in [0.15, 0.2) is 0 Å². The Balaban J connectivity index is 2.72.